The molecule has 0 spiro atoms. The lowest BCUT2D eigenvalue weighted by molar-refractivity contribution is -0.123. The number of amides is 1. The number of ether oxygens (including phenoxy) is 4. The van der Waals surface area contributed by atoms with Crippen molar-refractivity contribution in [2.24, 2.45) is 0 Å². The Bertz CT molecular complexity index is 784. The van der Waals surface area contributed by atoms with Gasteiger partial charge in [0.25, 0.3) is 5.91 Å². The van der Waals surface area contributed by atoms with Gasteiger partial charge in [-0.2, -0.15) is 0 Å². The summed E-state index contributed by atoms with van der Waals surface area (Å²) in [7, 11) is 1.61. The summed E-state index contributed by atoms with van der Waals surface area (Å²) in [5.74, 6) is 1.83. The number of rotatable bonds is 10. The van der Waals surface area contributed by atoms with Gasteiger partial charge in [0.1, 0.15) is 12.4 Å². The van der Waals surface area contributed by atoms with Gasteiger partial charge in [-0.3, -0.25) is 4.79 Å². The summed E-state index contributed by atoms with van der Waals surface area (Å²) < 4.78 is 22.4. The van der Waals surface area contributed by atoms with Crippen molar-refractivity contribution in [2.75, 3.05) is 26.9 Å². The first-order valence-electron chi connectivity index (χ1n) is 10.1. The molecule has 3 rings (SSSR count). The molecule has 6 nitrogen and oxygen atoms in total. The topological polar surface area (TPSA) is 66.0 Å². The van der Waals surface area contributed by atoms with Crippen LogP contribution in [0.25, 0.3) is 0 Å². The van der Waals surface area contributed by atoms with E-state index in [9.17, 15) is 4.79 Å². The van der Waals surface area contributed by atoms with Crippen LogP contribution in [0.5, 0.6) is 17.2 Å². The normalized spacial score (nSPS) is 15.7. The van der Waals surface area contributed by atoms with Crippen LogP contribution in [0.3, 0.4) is 0 Å². The van der Waals surface area contributed by atoms with Gasteiger partial charge in [-0.05, 0) is 54.7 Å². The zero-order valence-electron chi connectivity index (χ0n) is 17.1. The Labute approximate surface area is 172 Å². The van der Waals surface area contributed by atoms with Crippen LogP contribution in [0.15, 0.2) is 42.5 Å². The van der Waals surface area contributed by atoms with Crippen LogP contribution in [0.1, 0.15) is 30.9 Å². The Balaban J connectivity index is 1.45. The molecule has 2 aromatic rings. The van der Waals surface area contributed by atoms with Crippen molar-refractivity contribution in [2.45, 2.75) is 38.8 Å². The molecule has 1 aliphatic heterocycles. The molecule has 0 radical (unpaired) electrons. The van der Waals surface area contributed by atoms with Gasteiger partial charge in [-0.15, -0.1) is 0 Å². The van der Waals surface area contributed by atoms with Gasteiger partial charge < -0.3 is 24.3 Å². The minimum absolute atomic E-state index is 0.0226. The molecular weight excluding hydrogens is 370 g/mol. The fraction of sp³-hybridized carbons (Fsp3) is 0.435. The first-order chi connectivity index (χ1) is 14.2. The number of benzene rings is 2. The Morgan fingerprint density at radius 2 is 1.90 bits per heavy atom. The van der Waals surface area contributed by atoms with E-state index in [0.29, 0.717) is 30.4 Å². The summed E-state index contributed by atoms with van der Waals surface area (Å²) in [6, 6.07) is 13.4. The highest BCUT2D eigenvalue weighted by Crippen LogP contribution is 2.29. The molecule has 0 bridgehead atoms. The van der Waals surface area contributed by atoms with Crippen molar-refractivity contribution >= 4 is 5.91 Å². The number of aryl methyl sites for hydroxylation is 1. The summed E-state index contributed by atoms with van der Waals surface area (Å²) >= 11 is 0. The van der Waals surface area contributed by atoms with E-state index in [0.717, 1.165) is 31.4 Å². The van der Waals surface area contributed by atoms with Gasteiger partial charge >= 0.3 is 0 Å². The predicted octanol–water partition coefficient (Wildman–Crippen LogP) is 3.51. The van der Waals surface area contributed by atoms with Crippen molar-refractivity contribution in [1.82, 2.24) is 5.32 Å². The molecule has 1 aliphatic rings. The molecule has 0 saturated carbocycles. The van der Waals surface area contributed by atoms with Crippen molar-refractivity contribution in [3.05, 3.63) is 53.6 Å². The largest absolute Gasteiger partial charge is 0.493 e. The molecule has 2 aromatic carbocycles. The fourth-order valence-electron chi connectivity index (χ4n) is 3.12. The molecule has 1 unspecified atom stereocenters. The monoisotopic (exact) mass is 399 g/mol. The number of hydrogen-bond donors (Lipinski definition) is 1. The summed E-state index contributed by atoms with van der Waals surface area (Å²) in [4.78, 5) is 12.1. The number of methoxy groups -OCH3 is 1. The van der Waals surface area contributed by atoms with Gasteiger partial charge in [-0.1, -0.05) is 25.1 Å². The van der Waals surface area contributed by atoms with Gasteiger partial charge in [-0.25, -0.2) is 0 Å². The highest BCUT2D eigenvalue weighted by atomic mass is 16.5. The Kier molecular flexibility index (Phi) is 7.76. The van der Waals surface area contributed by atoms with Crippen LogP contribution in [0, 0.1) is 0 Å². The second-order valence-electron chi connectivity index (χ2n) is 6.99. The molecule has 1 amide bonds. The van der Waals surface area contributed by atoms with Crippen molar-refractivity contribution < 1.29 is 23.7 Å². The van der Waals surface area contributed by atoms with Gasteiger partial charge in [0.15, 0.2) is 18.1 Å². The molecule has 1 fully saturated rings. The van der Waals surface area contributed by atoms with Crippen molar-refractivity contribution in [1.29, 1.82) is 0 Å². The number of nitrogens with one attached hydrogen (secondary N) is 1. The van der Waals surface area contributed by atoms with Crippen LogP contribution >= 0.6 is 0 Å². The number of carbonyl (C=O) groups excluding carboxylic acids is 1. The van der Waals surface area contributed by atoms with E-state index in [-0.39, 0.29) is 18.6 Å². The second kappa shape index (κ2) is 10.7. The maximum absolute atomic E-state index is 12.1. The first kappa shape index (κ1) is 21.0. The lowest BCUT2D eigenvalue weighted by atomic mass is 10.2. The van der Waals surface area contributed by atoms with E-state index in [1.54, 1.807) is 7.11 Å². The Hall–Kier alpha value is -2.73. The third-order valence-corrected chi connectivity index (χ3v) is 4.87. The second-order valence-corrected chi connectivity index (χ2v) is 6.99. The van der Waals surface area contributed by atoms with Gasteiger partial charge in [0.2, 0.25) is 0 Å². The van der Waals surface area contributed by atoms with Crippen LogP contribution in [-0.2, 0) is 22.5 Å². The van der Waals surface area contributed by atoms with Gasteiger partial charge in [0, 0.05) is 13.2 Å². The smallest absolute Gasteiger partial charge is 0.258 e. The molecule has 29 heavy (non-hydrogen) atoms. The molecule has 156 valence electrons. The predicted molar refractivity (Wildman–Crippen MR) is 111 cm³/mol. The molecule has 1 heterocycles. The minimum atomic E-state index is -0.178. The SMILES string of the molecule is CCc1ccc(OCC(=O)NCc2ccc(OCC3CCCO3)c(OC)c2)cc1. The van der Waals surface area contributed by atoms with Crippen LogP contribution in [0.4, 0.5) is 0 Å². The average molecular weight is 399 g/mol. The summed E-state index contributed by atoms with van der Waals surface area (Å²) in [6.07, 6.45) is 3.23. The van der Waals surface area contributed by atoms with E-state index >= 15 is 0 Å². The highest BCUT2D eigenvalue weighted by molar-refractivity contribution is 5.77. The summed E-state index contributed by atoms with van der Waals surface area (Å²) in [5.41, 5.74) is 2.16. The maximum Gasteiger partial charge on any atom is 0.258 e. The maximum atomic E-state index is 12.1. The lowest BCUT2D eigenvalue weighted by Gasteiger charge is -2.15. The number of carbonyl (C=O) groups is 1. The molecular formula is C23H29NO5. The van der Waals surface area contributed by atoms with Crippen LogP contribution in [0.2, 0.25) is 0 Å². The van der Waals surface area contributed by atoms with E-state index in [1.165, 1.54) is 5.56 Å². The first-order valence-corrected chi connectivity index (χ1v) is 10.1. The molecule has 1 saturated heterocycles. The summed E-state index contributed by atoms with van der Waals surface area (Å²) in [6.45, 7) is 3.78. The lowest BCUT2D eigenvalue weighted by Crippen LogP contribution is -2.28. The molecule has 1 N–H and O–H groups in total. The van der Waals surface area contributed by atoms with E-state index in [1.807, 2.05) is 42.5 Å². The third-order valence-electron chi connectivity index (χ3n) is 4.87. The average Bonchev–Trinajstić information content (AvgIpc) is 3.29. The minimum Gasteiger partial charge on any atom is -0.493 e. The quantitative estimate of drug-likeness (QED) is 0.662. The highest BCUT2D eigenvalue weighted by Gasteiger charge is 2.17. The van der Waals surface area contributed by atoms with E-state index < -0.39 is 0 Å². The fourth-order valence-corrected chi connectivity index (χ4v) is 3.12. The van der Waals surface area contributed by atoms with Crippen LogP contribution < -0.4 is 19.5 Å². The van der Waals surface area contributed by atoms with E-state index in [4.69, 9.17) is 18.9 Å². The van der Waals surface area contributed by atoms with Crippen molar-refractivity contribution in [3.63, 3.8) is 0 Å². The Morgan fingerprint density at radius 1 is 1.10 bits per heavy atom. The third kappa shape index (κ3) is 6.39. The summed E-state index contributed by atoms with van der Waals surface area (Å²) in [5, 5.41) is 2.86. The standard InChI is InChI=1S/C23H29NO5/c1-3-17-6-9-19(10-7-17)28-16-23(25)24-14-18-8-11-21(22(13-18)26-2)29-15-20-5-4-12-27-20/h6-11,13,20H,3-5,12,14-16H2,1-2H3,(H,24,25). The van der Waals surface area contributed by atoms with E-state index in [2.05, 4.69) is 12.2 Å². The van der Waals surface area contributed by atoms with Crippen LogP contribution in [-0.4, -0.2) is 38.9 Å². The molecule has 6 heteroatoms. The van der Waals surface area contributed by atoms with Gasteiger partial charge in [0.05, 0.1) is 13.2 Å². The number of hydrogen-bond acceptors (Lipinski definition) is 5. The Morgan fingerprint density at radius 3 is 2.59 bits per heavy atom. The molecule has 1 atom stereocenters. The zero-order chi connectivity index (χ0) is 20.5. The van der Waals surface area contributed by atoms with Crippen molar-refractivity contribution in [3.8, 4) is 17.2 Å². The molecule has 0 aromatic heterocycles. The molecule has 0 aliphatic carbocycles. The zero-order valence-corrected chi connectivity index (χ0v) is 17.1.